The van der Waals surface area contributed by atoms with Gasteiger partial charge in [0, 0.05) is 5.56 Å². The number of aryl methyl sites for hydroxylation is 1. The molecule has 0 aliphatic carbocycles. The Morgan fingerprint density at radius 1 is 0.938 bits per heavy atom. The van der Waals surface area contributed by atoms with Crippen LogP contribution >= 0.6 is 0 Å². The molecule has 0 atom stereocenters. The lowest BCUT2D eigenvalue weighted by molar-refractivity contribution is 0.476. The molecule has 0 aromatic heterocycles. The zero-order valence-electron chi connectivity index (χ0n) is 10.9. The molecule has 0 radical (unpaired) electrons. The predicted molar refractivity (Wildman–Crippen MR) is 63.1 cm³/mol. The maximum absolute atomic E-state index is 12.9. The van der Waals surface area contributed by atoms with Crippen molar-refractivity contribution in [3.8, 4) is 0 Å². The van der Waals surface area contributed by atoms with Crippen molar-refractivity contribution in [2.24, 2.45) is 0 Å². The van der Waals surface area contributed by atoms with Crippen molar-refractivity contribution in [2.45, 2.75) is 48.0 Å². The second-order valence-corrected chi connectivity index (χ2v) is 2.64. The van der Waals surface area contributed by atoms with E-state index in [1.807, 2.05) is 27.7 Å². The van der Waals surface area contributed by atoms with E-state index in [0.717, 1.165) is 6.07 Å². The first-order valence-electron chi connectivity index (χ1n) is 5.70. The van der Waals surface area contributed by atoms with Gasteiger partial charge in [0.25, 0.3) is 0 Å². The van der Waals surface area contributed by atoms with Crippen LogP contribution in [0.1, 0.15) is 45.7 Å². The van der Waals surface area contributed by atoms with Gasteiger partial charge in [-0.05, 0) is 25.0 Å². The van der Waals surface area contributed by atoms with E-state index in [9.17, 15) is 13.2 Å². The van der Waals surface area contributed by atoms with E-state index < -0.39 is 17.5 Å². The van der Waals surface area contributed by atoms with E-state index in [4.69, 9.17) is 0 Å². The molecule has 0 heterocycles. The number of rotatable bonds is 1. The van der Waals surface area contributed by atoms with Crippen LogP contribution in [-0.2, 0) is 6.42 Å². The number of hydrogen-bond acceptors (Lipinski definition) is 0. The third-order valence-electron chi connectivity index (χ3n) is 1.79. The molecular weight excluding hydrogens is 213 g/mol. The van der Waals surface area contributed by atoms with Gasteiger partial charge in [-0.2, -0.15) is 0 Å². The van der Waals surface area contributed by atoms with Crippen LogP contribution in [0.5, 0.6) is 0 Å². The van der Waals surface area contributed by atoms with Crippen LogP contribution in [0.25, 0.3) is 0 Å². The minimum absolute atomic E-state index is 0.00204. The van der Waals surface area contributed by atoms with E-state index >= 15 is 0 Å². The maximum atomic E-state index is 12.9. The summed E-state index contributed by atoms with van der Waals surface area (Å²) < 4.78 is 38.6. The zero-order valence-corrected chi connectivity index (χ0v) is 10.9. The molecule has 0 saturated carbocycles. The number of halogens is 3. The summed E-state index contributed by atoms with van der Waals surface area (Å²) in [7, 11) is 0. The Hall–Kier alpha value is -0.990. The van der Waals surface area contributed by atoms with Crippen LogP contribution in [0.2, 0.25) is 0 Å². The van der Waals surface area contributed by atoms with Crippen molar-refractivity contribution < 1.29 is 13.2 Å². The molecule has 94 valence electrons. The van der Waals surface area contributed by atoms with Gasteiger partial charge in [0.1, 0.15) is 5.82 Å². The van der Waals surface area contributed by atoms with Gasteiger partial charge >= 0.3 is 0 Å². The second-order valence-electron chi connectivity index (χ2n) is 2.64. The predicted octanol–water partition coefficient (Wildman–Crippen LogP) is 5.03. The molecule has 0 fully saturated rings. The topological polar surface area (TPSA) is 0 Å². The third kappa shape index (κ3) is 4.25. The van der Waals surface area contributed by atoms with Gasteiger partial charge in [0.15, 0.2) is 11.6 Å². The summed E-state index contributed by atoms with van der Waals surface area (Å²) >= 11 is 0. The first kappa shape index (κ1) is 17.4. The van der Waals surface area contributed by atoms with Gasteiger partial charge in [-0.25, -0.2) is 13.2 Å². The van der Waals surface area contributed by atoms with Gasteiger partial charge in [-0.15, -0.1) is 0 Å². The fourth-order valence-corrected chi connectivity index (χ4v) is 1.08. The highest BCUT2D eigenvalue weighted by molar-refractivity contribution is 5.27. The maximum Gasteiger partial charge on any atom is 0.165 e. The molecule has 1 rings (SSSR count). The fraction of sp³-hybridized carbons (Fsp3) is 0.538. The average molecular weight is 234 g/mol. The molecule has 0 spiro atoms. The van der Waals surface area contributed by atoms with Crippen LogP contribution in [0, 0.1) is 24.4 Å². The Labute approximate surface area is 96.5 Å². The minimum atomic E-state index is -1.06. The SMILES string of the molecule is CC.CC.CCc1c(F)cc(C)c(F)c1F. The van der Waals surface area contributed by atoms with Crippen molar-refractivity contribution in [1.29, 1.82) is 0 Å². The Kier molecular flexibility index (Phi) is 10.1. The Morgan fingerprint density at radius 2 is 1.38 bits per heavy atom. The van der Waals surface area contributed by atoms with Gasteiger partial charge in [0.05, 0.1) is 0 Å². The van der Waals surface area contributed by atoms with E-state index in [-0.39, 0.29) is 17.5 Å². The first-order valence-corrected chi connectivity index (χ1v) is 5.70. The molecule has 1 aromatic carbocycles. The minimum Gasteiger partial charge on any atom is -0.207 e. The summed E-state index contributed by atoms with van der Waals surface area (Å²) in [6.07, 6.45) is 0.162. The lowest BCUT2D eigenvalue weighted by Gasteiger charge is -2.04. The molecule has 1 aromatic rings. The van der Waals surface area contributed by atoms with Crippen LogP contribution in [0.15, 0.2) is 6.07 Å². The Morgan fingerprint density at radius 3 is 1.75 bits per heavy atom. The molecule has 3 heteroatoms. The summed E-state index contributed by atoms with van der Waals surface area (Å²) in [5, 5.41) is 0. The average Bonchev–Trinajstić information content (AvgIpc) is 2.32. The van der Waals surface area contributed by atoms with E-state index in [2.05, 4.69) is 0 Å². The standard InChI is InChI=1S/C9H9F3.2C2H6/c1-3-6-7(10)4-5(2)8(11)9(6)12;2*1-2/h4H,3H2,1-2H3;2*1-2H3. The van der Waals surface area contributed by atoms with Crippen molar-refractivity contribution in [3.05, 3.63) is 34.6 Å². The van der Waals surface area contributed by atoms with Crippen LogP contribution in [-0.4, -0.2) is 0 Å². The van der Waals surface area contributed by atoms with Gasteiger partial charge in [0.2, 0.25) is 0 Å². The molecule has 16 heavy (non-hydrogen) atoms. The lowest BCUT2D eigenvalue weighted by atomic mass is 10.1. The molecule has 0 amide bonds. The van der Waals surface area contributed by atoms with Crippen LogP contribution < -0.4 is 0 Å². The van der Waals surface area contributed by atoms with Crippen molar-refractivity contribution in [3.63, 3.8) is 0 Å². The molecule has 0 nitrogen and oxygen atoms in total. The normalized spacial score (nSPS) is 8.56. The molecule has 0 bridgehead atoms. The largest absolute Gasteiger partial charge is 0.207 e. The monoisotopic (exact) mass is 234 g/mol. The van der Waals surface area contributed by atoms with E-state index in [1.54, 1.807) is 6.92 Å². The summed E-state index contributed by atoms with van der Waals surface area (Å²) in [4.78, 5) is 0. The number of benzene rings is 1. The van der Waals surface area contributed by atoms with Crippen molar-refractivity contribution in [2.75, 3.05) is 0 Å². The van der Waals surface area contributed by atoms with Crippen molar-refractivity contribution in [1.82, 2.24) is 0 Å². The Bertz CT molecular complexity index is 307. The highest BCUT2D eigenvalue weighted by Crippen LogP contribution is 2.19. The molecule has 0 aliphatic heterocycles. The lowest BCUT2D eigenvalue weighted by Crippen LogP contribution is -1.99. The fourth-order valence-electron chi connectivity index (χ4n) is 1.08. The number of hydrogen-bond donors (Lipinski definition) is 0. The molecule has 0 N–H and O–H groups in total. The molecule has 0 unspecified atom stereocenters. The highest BCUT2D eigenvalue weighted by atomic mass is 19.2. The summed E-state index contributed by atoms with van der Waals surface area (Å²) in [5.41, 5.74) is -0.180. The van der Waals surface area contributed by atoms with Crippen molar-refractivity contribution >= 4 is 0 Å². The molecule has 0 saturated heterocycles. The van der Waals surface area contributed by atoms with Gasteiger partial charge in [-0.1, -0.05) is 34.6 Å². The summed E-state index contributed by atoms with van der Waals surface area (Å²) in [5.74, 6) is -2.68. The van der Waals surface area contributed by atoms with E-state index in [1.165, 1.54) is 6.92 Å². The summed E-state index contributed by atoms with van der Waals surface area (Å²) in [6, 6.07) is 1.01. The highest BCUT2D eigenvalue weighted by Gasteiger charge is 2.14. The van der Waals surface area contributed by atoms with Gasteiger partial charge < -0.3 is 0 Å². The quantitative estimate of drug-likeness (QED) is 0.598. The summed E-state index contributed by atoms with van der Waals surface area (Å²) in [6.45, 7) is 10.9. The van der Waals surface area contributed by atoms with Crippen LogP contribution in [0.3, 0.4) is 0 Å². The molecule has 0 aliphatic rings. The molecular formula is C13H21F3. The third-order valence-corrected chi connectivity index (χ3v) is 1.79. The van der Waals surface area contributed by atoms with Crippen LogP contribution in [0.4, 0.5) is 13.2 Å². The smallest absolute Gasteiger partial charge is 0.165 e. The second kappa shape index (κ2) is 9.25. The van der Waals surface area contributed by atoms with Gasteiger partial charge in [-0.3, -0.25) is 0 Å². The Balaban J connectivity index is 0. The zero-order chi connectivity index (χ0) is 13.3. The van der Waals surface area contributed by atoms with E-state index in [0.29, 0.717) is 0 Å². The first-order chi connectivity index (χ1) is 7.57.